The van der Waals surface area contributed by atoms with E-state index in [1.807, 2.05) is 39.0 Å². The first-order chi connectivity index (χ1) is 13.4. The number of hydrogen-bond donors (Lipinski definition) is 2. The number of primary amides is 1. The number of ether oxygens (including phenoxy) is 1. The van der Waals surface area contributed by atoms with Gasteiger partial charge in [0.05, 0.1) is 11.9 Å². The van der Waals surface area contributed by atoms with E-state index in [2.05, 4.69) is 29.4 Å². The van der Waals surface area contributed by atoms with Crippen molar-refractivity contribution < 1.29 is 18.7 Å². The number of hydrogen-bond acceptors (Lipinski definition) is 4. The smallest absolute Gasteiger partial charge is 0.267 e. The second kappa shape index (κ2) is 14.3. The van der Waals surface area contributed by atoms with Crippen LogP contribution < -0.4 is 11.1 Å². The quantitative estimate of drug-likeness (QED) is 0.775. The van der Waals surface area contributed by atoms with E-state index in [4.69, 9.17) is 10.5 Å². The van der Waals surface area contributed by atoms with Gasteiger partial charge in [0.25, 0.3) is 11.8 Å². The lowest BCUT2D eigenvalue weighted by Crippen LogP contribution is -2.30. The van der Waals surface area contributed by atoms with Crippen molar-refractivity contribution in [3.05, 3.63) is 59.7 Å². The van der Waals surface area contributed by atoms with Gasteiger partial charge in [-0.2, -0.15) is 0 Å². The third kappa shape index (κ3) is 9.23. The molecule has 0 saturated carbocycles. The predicted molar refractivity (Wildman–Crippen MR) is 110 cm³/mol. The number of aromatic nitrogens is 1. The van der Waals surface area contributed by atoms with Crippen molar-refractivity contribution in [3.63, 3.8) is 0 Å². The van der Waals surface area contributed by atoms with E-state index >= 15 is 0 Å². The van der Waals surface area contributed by atoms with Crippen molar-refractivity contribution in [3.8, 4) is 0 Å². The van der Waals surface area contributed by atoms with E-state index in [0.717, 1.165) is 18.7 Å². The molecular formula is C21H30FN3O3. The number of amides is 2. The Bertz CT molecular complexity index is 724. The molecule has 2 aromatic rings. The summed E-state index contributed by atoms with van der Waals surface area (Å²) in [6, 6.07) is 11.4. The van der Waals surface area contributed by atoms with Crippen LogP contribution in [0.1, 0.15) is 49.7 Å². The third-order valence-electron chi connectivity index (χ3n) is 3.43. The zero-order valence-corrected chi connectivity index (χ0v) is 17.2. The number of methoxy groups -OCH3 is 1. The summed E-state index contributed by atoms with van der Waals surface area (Å²) in [6.45, 7) is 7.98. The van der Waals surface area contributed by atoms with E-state index in [-0.39, 0.29) is 11.4 Å². The van der Waals surface area contributed by atoms with Gasteiger partial charge >= 0.3 is 0 Å². The van der Waals surface area contributed by atoms with Gasteiger partial charge < -0.3 is 15.8 Å². The number of rotatable bonds is 6. The zero-order valence-electron chi connectivity index (χ0n) is 17.2. The normalized spacial score (nSPS) is 10.5. The minimum Gasteiger partial charge on any atom is -0.372 e. The van der Waals surface area contributed by atoms with Gasteiger partial charge in [0.1, 0.15) is 11.8 Å². The molecule has 6 nitrogen and oxygen atoms in total. The first kappa shape index (κ1) is 25.2. The number of nitrogens with one attached hydrogen (secondary N) is 1. The second-order valence-corrected chi connectivity index (χ2v) is 5.57. The summed E-state index contributed by atoms with van der Waals surface area (Å²) in [6.07, 6.45) is 1.42. The third-order valence-corrected chi connectivity index (χ3v) is 3.43. The molecule has 2 amide bonds. The minimum atomic E-state index is -0.799. The molecule has 0 saturated heterocycles. The van der Waals surface area contributed by atoms with Gasteiger partial charge in [-0.15, -0.1) is 0 Å². The highest BCUT2D eigenvalue weighted by Crippen LogP contribution is 2.15. The topological polar surface area (TPSA) is 94.3 Å². The Kier molecular flexibility index (Phi) is 12.9. The Morgan fingerprint density at radius 2 is 1.86 bits per heavy atom. The summed E-state index contributed by atoms with van der Waals surface area (Å²) < 4.78 is 18.5. The molecule has 0 radical (unpaired) electrons. The molecule has 0 bridgehead atoms. The van der Waals surface area contributed by atoms with Crippen LogP contribution in [-0.2, 0) is 9.53 Å². The predicted octanol–water partition coefficient (Wildman–Crippen LogP) is 4.09. The molecule has 1 unspecified atom stereocenters. The van der Waals surface area contributed by atoms with Crippen LogP contribution in [0.4, 0.5) is 10.1 Å². The number of nitrogens with two attached hydrogens (primary N) is 1. The molecule has 7 heteroatoms. The molecule has 3 N–H and O–H groups in total. The minimum absolute atomic E-state index is 0.124. The maximum atomic E-state index is 13.5. The standard InChI is InChI=1S/C12H16FN3O3.C7H8.C2H6/c1-3-4-10(19-2)12(18)16-8-5-9(11(14)17)15-6-7(8)13;1-7-5-3-2-4-6-7;1-2/h5-6,10H,3-4H2,1-2H3,(H2,14,17)(H,15,16,18);2-6H,1H3;1-2H3. The number of carbonyl (C=O) groups excluding carboxylic acids is 2. The lowest BCUT2D eigenvalue weighted by Gasteiger charge is -2.14. The van der Waals surface area contributed by atoms with Crippen molar-refractivity contribution in [1.29, 1.82) is 0 Å². The van der Waals surface area contributed by atoms with E-state index in [9.17, 15) is 14.0 Å². The molecule has 0 spiro atoms. The molecule has 28 heavy (non-hydrogen) atoms. The summed E-state index contributed by atoms with van der Waals surface area (Å²) in [5, 5.41) is 2.35. The van der Waals surface area contributed by atoms with Crippen molar-refractivity contribution >= 4 is 17.5 Å². The van der Waals surface area contributed by atoms with Crippen molar-refractivity contribution in [2.45, 2.75) is 46.6 Å². The largest absolute Gasteiger partial charge is 0.372 e. The summed E-state index contributed by atoms with van der Waals surface area (Å²) in [7, 11) is 1.40. The molecule has 1 heterocycles. The van der Waals surface area contributed by atoms with Crippen molar-refractivity contribution in [2.75, 3.05) is 12.4 Å². The Labute approximate surface area is 166 Å². The monoisotopic (exact) mass is 391 g/mol. The maximum absolute atomic E-state index is 13.5. The van der Waals surface area contributed by atoms with E-state index in [1.165, 1.54) is 12.7 Å². The SMILES string of the molecule is CC.CCCC(OC)C(=O)Nc1cc(C(N)=O)ncc1F.Cc1ccccc1. The van der Waals surface area contributed by atoms with Gasteiger partial charge in [-0.05, 0) is 19.4 Å². The first-order valence-electron chi connectivity index (χ1n) is 9.19. The van der Waals surface area contributed by atoms with Crippen LogP contribution in [0.25, 0.3) is 0 Å². The Morgan fingerprint density at radius 1 is 1.25 bits per heavy atom. The van der Waals surface area contributed by atoms with Gasteiger partial charge in [-0.25, -0.2) is 9.37 Å². The average Bonchev–Trinajstić information content (AvgIpc) is 2.70. The van der Waals surface area contributed by atoms with Crippen LogP contribution in [0.2, 0.25) is 0 Å². The molecule has 1 aromatic heterocycles. The van der Waals surface area contributed by atoms with E-state index in [1.54, 1.807) is 0 Å². The highest BCUT2D eigenvalue weighted by atomic mass is 19.1. The first-order valence-corrected chi connectivity index (χ1v) is 9.19. The van der Waals surface area contributed by atoms with Crippen LogP contribution in [-0.4, -0.2) is 30.0 Å². The lowest BCUT2D eigenvalue weighted by atomic mass is 10.2. The van der Waals surface area contributed by atoms with E-state index < -0.39 is 23.7 Å². The number of pyridine rings is 1. The van der Waals surface area contributed by atoms with Gasteiger partial charge in [0.15, 0.2) is 5.82 Å². The van der Waals surface area contributed by atoms with Gasteiger partial charge in [-0.3, -0.25) is 9.59 Å². The number of halogens is 1. The van der Waals surface area contributed by atoms with Crippen LogP contribution in [0.5, 0.6) is 0 Å². The fourth-order valence-electron chi connectivity index (χ4n) is 2.04. The number of benzene rings is 1. The molecule has 0 aliphatic heterocycles. The summed E-state index contributed by atoms with van der Waals surface area (Å²) in [5.74, 6) is -2.03. The number of anilines is 1. The summed E-state index contributed by atoms with van der Waals surface area (Å²) in [5.41, 5.74) is 6.09. The number of nitrogens with zero attached hydrogens (tertiary/aromatic N) is 1. The summed E-state index contributed by atoms with van der Waals surface area (Å²) in [4.78, 5) is 26.3. The van der Waals surface area contributed by atoms with Crippen LogP contribution >= 0.6 is 0 Å². The fraction of sp³-hybridized carbons (Fsp3) is 0.381. The molecule has 0 fully saturated rings. The summed E-state index contributed by atoms with van der Waals surface area (Å²) >= 11 is 0. The van der Waals surface area contributed by atoms with Gasteiger partial charge in [0.2, 0.25) is 0 Å². The molecular weight excluding hydrogens is 361 g/mol. The molecule has 1 aromatic carbocycles. The highest BCUT2D eigenvalue weighted by molar-refractivity contribution is 5.96. The van der Waals surface area contributed by atoms with Gasteiger partial charge in [-0.1, -0.05) is 63.1 Å². The van der Waals surface area contributed by atoms with Crippen molar-refractivity contribution in [1.82, 2.24) is 4.98 Å². The zero-order chi connectivity index (χ0) is 21.5. The fourth-order valence-corrected chi connectivity index (χ4v) is 2.04. The Hall–Kier alpha value is -2.80. The van der Waals surface area contributed by atoms with Crippen molar-refractivity contribution in [2.24, 2.45) is 5.73 Å². The van der Waals surface area contributed by atoms with E-state index in [0.29, 0.717) is 6.42 Å². The maximum Gasteiger partial charge on any atom is 0.267 e. The Morgan fingerprint density at radius 3 is 2.29 bits per heavy atom. The molecule has 2 rings (SSSR count). The second-order valence-electron chi connectivity index (χ2n) is 5.57. The van der Waals surface area contributed by atoms with Crippen LogP contribution in [0.3, 0.4) is 0 Å². The average molecular weight is 391 g/mol. The van der Waals surface area contributed by atoms with Gasteiger partial charge in [0, 0.05) is 7.11 Å². The van der Waals surface area contributed by atoms with Crippen LogP contribution in [0, 0.1) is 12.7 Å². The molecule has 0 aliphatic carbocycles. The lowest BCUT2D eigenvalue weighted by molar-refractivity contribution is -0.126. The molecule has 1 atom stereocenters. The molecule has 154 valence electrons. The molecule has 0 aliphatic rings. The van der Waals surface area contributed by atoms with Crippen LogP contribution in [0.15, 0.2) is 42.6 Å². The number of carbonyl (C=O) groups is 2. The number of aryl methyl sites for hydroxylation is 1. The highest BCUT2D eigenvalue weighted by Gasteiger charge is 2.19. The Balaban J connectivity index is 0.000000670.